The molecule has 0 radical (unpaired) electrons. The smallest absolute Gasteiger partial charge is 0.176 e. The van der Waals surface area contributed by atoms with Crippen molar-refractivity contribution in [1.82, 2.24) is 10.2 Å². The SMILES string of the molecule is c1ccc2c(c1)CCCC/C2=N/Nc1nncc2ccccc12. The minimum Gasteiger partial charge on any atom is -0.259 e. The number of nitrogens with one attached hydrogen (secondary N) is 1. The van der Waals surface area contributed by atoms with Crippen molar-refractivity contribution in [2.24, 2.45) is 5.10 Å². The van der Waals surface area contributed by atoms with Gasteiger partial charge in [-0.1, -0.05) is 48.5 Å². The number of benzene rings is 2. The van der Waals surface area contributed by atoms with E-state index in [1.807, 2.05) is 24.3 Å². The maximum absolute atomic E-state index is 4.67. The molecular weight excluding hydrogens is 284 g/mol. The Hall–Kier alpha value is -2.75. The third-order valence-corrected chi connectivity index (χ3v) is 4.31. The molecule has 3 aromatic rings. The zero-order chi connectivity index (χ0) is 15.5. The van der Waals surface area contributed by atoms with Crippen LogP contribution in [-0.2, 0) is 6.42 Å². The largest absolute Gasteiger partial charge is 0.259 e. The third-order valence-electron chi connectivity index (χ3n) is 4.31. The van der Waals surface area contributed by atoms with Crippen LogP contribution in [0.3, 0.4) is 0 Å². The van der Waals surface area contributed by atoms with Crippen molar-refractivity contribution in [1.29, 1.82) is 0 Å². The molecule has 1 heterocycles. The molecule has 1 N–H and O–H groups in total. The lowest BCUT2D eigenvalue weighted by Gasteiger charge is -2.09. The number of anilines is 1. The first-order valence-corrected chi connectivity index (χ1v) is 8.03. The van der Waals surface area contributed by atoms with Gasteiger partial charge in [-0.15, -0.1) is 5.10 Å². The van der Waals surface area contributed by atoms with Crippen LogP contribution in [-0.4, -0.2) is 15.9 Å². The molecule has 114 valence electrons. The van der Waals surface area contributed by atoms with Crippen LogP contribution >= 0.6 is 0 Å². The van der Waals surface area contributed by atoms with Gasteiger partial charge in [-0.2, -0.15) is 10.2 Å². The maximum Gasteiger partial charge on any atom is 0.176 e. The molecule has 0 bridgehead atoms. The van der Waals surface area contributed by atoms with Crippen LogP contribution in [0.2, 0.25) is 0 Å². The highest BCUT2D eigenvalue weighted by Crippen LogP contribution is 2.23. The van der Waals surface area contributed by atoms with Gasteiger partial charge in [0.05, 0.1) is 11.9 Å². The van der Waals surface area contributed by atoms with Gasteiger partial charge in [0, 0.05) is 16.3 Å². The normalized spacial score (nSPS) is 16.1. The molecule has 0 fully saturated rings. The molecule has 0 atom stereocenters. The van der Waals surface area contributed by atoms with Gasteiger partial charge in [-0.05, 0) is 31.2 Å². The summed E-state index contributed by atoms with van der Waals surface area (Å²) in [5.74, 6) is 0.706. The minimum atomic E-state index is 0.706. The van der Waals surface area contributed by atoms with Crippen LogP contribution in [0.1, 0.15) is 30.4 Å². The van der Waals surface area contributed by atoms with Crippen molar-refractivity contribution in [3.63, 3.8) is 0 Å². The highest BCUT2D eigenvalue weighted by molar-refractivity contribution is 6.02. The summed E-state index contributed by atoms with van der Waals surface area (Å²) in [7, 11) is 0. The first-order chi connectivity index (χ1) is 11.4. The van der Waals surface area contributed by atoms with Gasteiger partial charge >= 0.3 is 0 Å². The summed E-state index contributed by atoms with van der Waals surface area (Å²) in [5.41, 5.74) is 6.88. The fourth-order valence-corrected chi connectivity index (χ4v) is 3.11. The Morgan fingerprint density at radius 2 is 1.74 bits per heavy atom. The predicted molar refractivity (Wildman–Crippen MR) is 93.7 cm³/mol. The van der Waals surface area contributed by atoms with Crippen LogP contribution in [0, 0.1) is 0 Å². The Labute approximate surface area is 135 Å². The highest BCUT2D eigenvalue weighted by Gasteiger charge is 2.13. The first-order valence-electron chi connectivity index (χ1n) is 8.03. The van der Waals surface area contributed by atoms with Crippen LogP contribution in [0.5, 0.6) is 0 Å². The van der Waals surface area contributed by atoms with E-state index < -0.39 is 0 Å². The number of hydrogen-bond acceptors (Lipinski definition) is 4. The molecule has 4 heteroatoms. The van der Waals surface area contributed by atoms with Crippen molar-refractivity contribution in [2.75, 3.05) is 5.43 Å². The fraction of sp³-hybridized carbons (Fsp3) is 0.211. The molecule has 23 heavy (non-hydrogen) atoms. The van der Waals surface area contributed by atoms with E-state index >= 15 is 0 Å². The van der Waals surface area contributed by atoms with Crippen molar-refractivity contribution in [3.05, 3.63) is 65.9 Å². The summed E-state index contributed by atoms with van der Waals surface area (Å²) in [6, 6.07) is 16.6. The molecule has 0 saturated carbocycles. The van der Waals surface area contributed by atoms with E-state index in [2.05, 4.69) is 45.0 Å². The first kappa shape index (κ1) is 13.9. The molecule has 0 amide bonds. The monoisotopic (exact) mass is 302 g/mol. The second-order valence-electron chi connectivity index (χ2n) is 5.81. The number of nitrogens with zero attached hydrogens (tertiary/aromatic N) is 3. The lowest BCUT2D eigenvalue weighted by Crippen LogP contribution is -2.06. The second kappa shape index (κ2) is 6.16. The minimum absolute atomic E-state index is 0.706. The second-order valence-corrected chi connectivity index (χ2v) is 5.81. The lowest BCUT2D eigenvalue weighted by atomic mass is 10.0. The van der Waals surface area contributed by atoms with E-state index in [0.717, 1.165) is 35.7 Å². The molecule has 1 aliphatic rings. The van der Waals surface area contributed by atoms with Gasteiger partial charge in [0.25, 0.3) is 0 Å². The van der Waals surface area contributed by atoms with Crippen molar-refractivity contribution in [3.8, 4) is 0 Å². The fourth-order valence-electron chi connectivity index (χ4n) is 3.11. The van der Waals surface area contributed by atoms with E-state index in [-0.39, 0.29) is 0 Å². The molecule has 4 rings (SSSR count). The standard InChI is InChI=1S/C19H18N4/c1-4-10-16-14(7-1)8-3-6-12-18(16)21-23-19-17-11-5-2-9-15(17)13-20-22-19/h1-2,4-5,7,9-11,13H,3,6,8,12H2,(H,22,23)/b21-18-. The molecule has 0 unspecified atom stereocenters. The van der Waals surface area contributed by atoms with Gasteiger partial charge in [0.15, 0.2) is 5.82 Å². The Kier molecular flexibility index (Phi) is 3.72. The molecular formula is C19H18N4. The average molecular weight is 302 g/mol. The van der Waals surface area contributed by atoms with Crippen molar-refractivity contribution >= 4 is 22.3 Å². The highest BCUT2D eigenvalue weighted by atomic mass is 15.3. The van der Waals surface area contributed by atoms with Crippen LogP contribution in [0.15, 0.2) is 59.8 Å². The Morgan fingerprint density at radius 1 is 0.913 bits per heavy atom. The van der Waals surface area contributed by atoms with Crippen LogP contribution < -0.4 is 5.43 Å². The van der Waals surface area contributed by atoms with Gasteiger partial charge in [-0.3, -0.25) is 5.43 Å². The number of hydrazone groups is 1. The lowest BCUT2D eigenvalue weighted by molar-refractivity contribution is 0.776. The topological polar surface area (TPSA) is 50.2 Å². The van der Waals surface area contributed by atoms with E-state index in [0.29, 0.717) is 5.82 Å². The van der Waals surface area contributed by atoms with E-state index in [1.54, 1.807) is 6.20 Å². The van der Waals surface area contributed by atoms with Gasteiger partial charge in [0.1, 0.15) is 0 Å². The summed E-state index contributed by atoms with van der Waals surface area (Å²) in [6.07, 6.45) is 6.26. The summed E-state index contributed by atoms with van der Waals surface area (Å²) < 4.78 is 0. The molecule has 1 aromatic heterocycles. The van der Waals surface area contributed by atoms with Crippen LogP contribution in [0.25, 0.3) is 10.8 Å². The van der Waals surface area contributed by atoms with E-state index in [9.17, 15) is 0 Å². The number of fused-ring (bicyclic) bond motifs is 2. The zero-order valence-electron chi connectivity index (χ0n) is 12.9. The predicted octanol–water partition coefficient (Wildman–Crippen LogP) is 4.17. The van der Waals surface area contributed by atoms with Crippen molar-refractivity contribution in [2.45, 2.75) is 25.7 Å². The number of aromatic nitrogens is 2. The molecule has 4 nitrogen and oxygen atoms in total. The summed E-state index contributed by atoms with van der Waals surface area (Å²) >= 11 is 0. The maximum atomic E-state index is 4.67. The molecule has 0 saturated heterocycles. The average Bonchev–Trinajstić information content (AvgIpc) is 2.82. The van der Waals surface area contributed by atoms with Gasteiger partial charge < -0.3 is 0 Å². The number of aryl methyl sites for hydroxylation is 1. The van der Waals surface area contributed by atoms with Crippen molar-refractivity contribution < 1.29 is 0 Å². The third kappa shape index (κ3) is 2.80. The van der Waals surface area contributed by atoms with Crippen LogP contribution in [0.4, 0.5) is 5.82 Å². The zero-order valence-corrected chi connectivity index (χ0v) is 12.9. The Bertz CT molecular complexity index is 865. The summed E-state index contributed by atoms with van der Waals surface area (Å²) in [5, 5.41) is 15.0. The summed E-state index contributed by atoms with van der Waals surface area (Å²) in [4.78, 5) is 0. The van der Waals surface area contributed by atoms with E-state index in [1.165, 1.54) is 17.5 Å². The van der Waals surface area contributed by atoms with Gasteiger partial charge in [0.2, 0.25) is 0 Å². The molecule has 0 aliphatic heterocycles. The molecule has 2 aromatic carbocycles. The molecule has 0 spiro atoms. The number of hydrogen-bond donors (Lipinski definition) is 1. The van der Waals surface area contributed by atoms with E-state index in [4.69, 9.17) is 0 Å². The Balaban J connectivity index is 1.71. The quantitative estimate of drug-likeness (QED) is 0.571. The number of rotatable bonds is 2. The molecule has 1 aliphatic carbocycles. The Morgan fingerprint density at radius 3 is 2.74 bits per heavy atom. The summed E-state index contributed by atoms with van der Waals surface area (Å²) in [6.45, 7) is 0. The van der Waals surface area contributed by atoms with Gasteiger partial charge in [-0.25, -0.2) is 0 Å².